The molecular weight excluding hydrogens is 278 g/mol. The second kappa shape index (κ2) is 5.44. The third-order valence-corrected chi connectivity index (χ3v) is 3.11. The number of H-pyrrole nitrogens is 1. The van der Waals surface area contributed by atoms with Crippen molar-refractivity contribution in [3.63, 3.8) is 0 Å². The highest BCUT2D eigenvalue weighted by molar-refractivity contribution is 6.30. The molecule has 0 aliphatic heterocycles. The van der Waals surface area contributed by atoms with E-state index in [1.165, 1.54) is 0 Å². The molecule has 6 nitrogen and oxygen atoms in total. The number of hydrogen-bond donors (Lipinski definition) is 2. The van der Waals surface area contributed by atoms with Crippen molar-refractivity contribution in [3.8, 4) is 11.4 Å². The fourth-order valence-electron chi connectivity index (χ4n) is 1.82. The fraction of sp³-hybridized carbons (Fsp3) is 0.154. The summed E-state index contributed by atoms with van der Waals surface area (Å²) < 4.78 is 5.21. The van der Waals surface area contributed by atoms with Crippen molar-refractivity contribution in [2.45, 2.75) is 12.5 Å². The molecule has 0 aliphatic rings. The average molecular weight is 290 g/mol. The molecule has 3 aromatic rings. The van der Waals surface area contributed by atoms with E-state index in [-0.39, 0.29) is 6.04 Å². The van der Waals surface area contributed by atoms with Crippen molar-refractivity contribution < 1.29 is 4.52 Å². The van der Waals surface area contributed by atoms with Crippen LogP contribution in [0.3, 0.4) is 0 Å². The quantitative estimate of drug-likeness (QED) is 0.769. The van der Waals surface area contributed by atoms with Crippen molar-refractivity contribution >= 4 is 11.6 Å². The predicted molar refractivity (Wildman–Crippen MR) is 74.0 cm³/mol. The molecule has 0 saturated carbocycles. The highest BCUT2D eigenvalue weighted by Crippen LogP contribution is 2.21. The van der Waals surface area contributed by atoms with Gasteiger partial charge in [0.05, 0.1) is 12.4 Å². The normalized spacial score (nSPS) is 12.5. The molecule has 0 spiro atoms. The van der Waals surface area contributed by atoms with E-state index in [0.29, 0.717) is 23.2 Å². The summed E-state index contributed by atoms with van der Waals surface area (Å²) in [6.45, 7) is 0. The van der Waals surface area contributed by atoms with Crippen LogP contribution in [0, 0.1) is 0 Å². The molecule has 7 heteroatoms. The molecule has 0 radical (unpaired) electrons. The van der Waals surface area contributed by atoms with E-state index >= 15 is 0 Å². The SMILES string of the molecule is N[C@H](Cc1cnc[nH]1)c1nc(-c2ccc(Cl)cc2)no1. The van der Waals surface area contributed by atoms with Crippen molar-refractivity contribution in [1.29, 1.82) is 0 Å². The number of nitrogens with zero attached hydrogens (tertiary/aromatic N) is 3. The molecule has 3 N–H and O–H groups in total. The topological polar surface area (TPSA) is 93.6 Å². The number of rotatable bonds is 4. The summed E-state index contributed by atoms with van der Waals surface area (Å²) in [5.41, 5.74) is 7.79. The van der Waals surface area contributed by atoms with Crippen LogP contribution >= 0.6 is 11.6 Å². The summed E-state index contributed by atoms with van der Waals surface area (Å²) in [5.74, 6) is 0.890. The van der Waals surface area contributed by atoms with E-state index in [9.17, 15) is 0 Å². The van der Waals surface area contributed by atoms with Gasteiger partial charge in [0.2, 0.25) is 11.7 Å². The second-order valence-electron chi connectivity index (χ2n) is 4.35. The van der Waals surface area contributed by atoms with Crippen LogP contribution in [0.25, 0.3) is 11.4 Å². The third-order valence-electron chi connectivity index (χ3n) is 2.86. The van der Waals surface area contributed by atoms with Gasteiger partial charge < -0.3 is 15.2 Å². The number of aromatic amines is 1. The summed E-state index contributed by atoms with van der Waals surface area (Å²) >= 11 is 5.84. The lowest BCUT2D eigenvalue weighted by molar-refractivity contribution is 0.354. The summed E-state index contributed by atoms with van der Waals surface area (Å²) in [5, 5.41) is 4.59. The summed E-state index contributed by atoms with van der Waals surface area (Å²) in [6, 6.07) is 6.84. The minimum atomic E-state index is -0.371. The minimum absolute atomic E-state index is 0.371. The van der Waals surface area contributed by atoms with Gasteiger partial charge in [-0.05, 0) is 24.3 Å². The van der Waals surface area contributed by atoms with E-state index in [0.717, 1.165) is 11.3 Å². The maximum Gasteiger partial charge on any atom is 0.244 e. The van der Waals surface area contributed by atoms with E-state index < -0.39 is 0 Å². The monoisotopic (exact) mass is 289 g/mol. The standard InChI is InChI=1S/C13H12ClN5O/c14-9-3-1-8(2-4-9)12-18-13(20-19-12)11(15)5-10-6-16-7-17-10/h1-4,6-7,11H,5,15H2,(H,16,17)/t11-/m1/s1. The zero-order chi connectivity index (χ0) is 13.9. The van der Waals surface area contributed by atoms with Crippen LogP contribution in [0.5, 0.6) is 0 Å². The van der Waals surface area contributed by atoms with E-state index in [1.54, 1.807) is 24.7 Å². The summed E-state index contributed by atoms with van der Waals surface area (Å²) in [7, 11) is 0. The Hall–Kier alpha value is -2.18. The van der Waals surface area contributed by atoms with Gasteiger partial charge in [0.1, 0.15) is 0 Å². The first kappa shape index (κ1) is 12.8. The van der Waals surface area contributed by atoms with E-state index in [2.05, 4.69) is 20.1 Å². The smallest absolute Gasteiger partial charge is 0.244 e. The Morgan fingerprint density at radius 1 is 1.30 bits per heavy atom. The fourth-order valence-corrected chi connectivity index (χ4v) is 1.95. The number of halogens is 1. The molecule has 0 bridgehead atoms. The lowest BCUT2D eigenvalue weighted by Gasteiger charge is -2.03. The van der Waals surface area contributed by atoms with Gasteiger partial charge >= 0.3 is 0 Å². The molecule has 2 heterocycles. The Labute approximate surface area is 120 Å². The largest absolute Gasteiger partial charge is 0.348 e. The van der Waals surface area contributed by atoms with Crippen LogP contribution < -0.4 is 5.73 Å². The Bertz CT molecular complexity index is 677. The molecule has 1 atom stereocenters. The molecular formula is C13H12ClN5O. The molecule has 0 unspecified atom stereocenters. The van der Waals surface area contributed by atoms with Gasteiger partial charge in [-0.2, -0.15) is 4.98 Å². The number of hydrogen-bond acceptors (Lipinski definition) is 5. The number of aromatic nitrogens is 4. The van der Waals surface area contributed by atoms with Crippen LogP contribution in [0.2, 0.25) is 5.02 Å². The Kier molecular flexibility index (Phi) is 3.49. The maximum atomic E-state index is 6.04. The first-order valence-electron chi connectivity index (χ1n) is 6.05. The highest BCUT2D eigenvalue weighted by atomic mass is 35.5. The zero-order valence-corrected chi connectivity index (χ0v) is 11.2. The van der Waals surface area contributed by atoms with Crippen LogP contribution in [0.4, 0.5) is 0 Å². The molecule has 102 valence electrons. The lowest BCUT2D eigenvalue weighted by atomic mass is 10.2. The van der Waals surface area contributed by atoms with Gasteiger partial charge in [0.15, 0.2) is 0 Å². The van der Waals surface area contributed by atoms with Crippen LogP contribution in [-0.2, 0) is 6.42 Å². The van der Waals surface area contributed by atoms with E-state index in [1.807, 2.05) is 12.1 Å². The van der Waals surface area contributed by atoms with Crippen LogP contribution in [-0.4, -0.2) is 20.1 Å². The summed E-state index contributed by atoms with van der Waals surface area (Å²) in [4.78, 5) is 11.2. The summed E-state index contributed by atoms with van der Waals surface area (Å²) in [6.07, 6.45) is 3.88. The first-order valence-corrected chi connectivity index (χ1v) is 6.42. The van der Waals surface area contributed by atoms with Crippen LogP contribution in [0.1, 0.15) is 17.6 Å². The molecule has 0 aliphatic carbocycles. The van der Waals surface area contributed by atoms with Gasteiger partial charge in [0.25, 0.3) is 0 Å². The third kappa shape index (κ3) is 2.71. The Morgan fingerprint density at radius 3 is 2.80 bits per heavy atom. The number of nitrogens with two attached hydrogens (primary N) is 1. The minimum Gasteiger partial charge on any atom is -0.348 e. The molecule has 0 saturated heterocycles. The molecule has 0 amide bonds. The average Bonchev–Trinajstić information content (AvgIpc) is 3.10. The van der Waals surface area contributed by atoms with Crippen molar-refractivity contribution in [2.24, 2.45) is 5.73 Å². The lowest BCUT2D eigenvalue weighted by Crippen LogP contribution is -2.13. The Balaban J connectivity index is 1.77. The van der Waals surface area contributed by atoms with Gasteiger partial charge in [0, 0.05) is 28.9 Å². The van der Waals surface area contributed by atoms with Crippen molar-refractivity contribution in [1.82, 2.24) is 20.1 Å². The van der Waals surface area contributed by atoms with Gasteiger partial charge in [-0.25, -0.2) is 4.98 Å². The zero-order valence-electron chi connectivity index (χ0n) is 10.5. The molecule has 1 aromatic carbocycles. The Morgan fingerprint density at radius 2 is 2.10 bits per heavy atom. The van der Waals surface area contributed by atoms with Gasteiger partial charge in [-0.1, -0.05) is 16.8 Å². The molecule has 20 heavy (non-hydrogen) atoms. The molecule has 2 aromatic heterocycles. The molecule has 3 rings (SSSR count). The van der Waals surface area contributed by atoms with Gasteiger partial charge in [-0.15, -0.1) is 0 Å². The molecule has 0 fully saturated rings. The number of benzene rings is 1. The highest BCUT2D eigenvalue weighted by Gasteiger charge is 2.16. The number of nitrogens with one attached hydrogen (secondary N) is 1. The van der Waals surface area contributed by atoms with Crippen molar-refractivity contribution in [3.05, 3.63) is 53.4 Å². The van der Waals surface area contributed by atoms with Crippen molar-refractivity contribution in [2.75, 3.05) is 0 Å². The van der Waals surface area contributed by atoms with Crippen LogP contribution in [0.15, 0.2) is 41.3 Å². The predicted octanol–water partition coefficient (Wildman–Crippen LogP) is 2.36. The number of imidazole rings is 1. The van der Waals surface area contributed by atoms with Gasteiger partial charge in [-0.3, -0.25) is 0 Å². The second-order valence-corrected chi connectivity index (χ2v) is 4.79. The first-order chi connectivity index (χ1) is 9.72. The maximum absolute atomic E-state index is 6.04. The van der Waals surface area contributed by atoms with E-state index in [4.69, 9.17) is 21.9 Å².